The largest absolute Gasteiger partial charge is 0.271 e. The van der Waals surface area contributed by atoms with Crippen molar-refractivity contribution in [3.05, 3.63) is 65.0 Å². The highest BCUT2D eigenvalue weighted by atomic mass is 16.2. The summed E-state index contributed by atoms with van der Waals surface area (Å²) < 4.78 is 0. The van der Waals surface area contributed by atoms with Gasteiger partial charge in [-0.2, -0.15) is 0 Å². The van der Waals surface area contributed by atoms with Gasteiger partial charge in [-0.05, 0) is 38.1 Å². The molecule has 0 bridgehead atoms. The Hall–Kier alpha value is -2.69. The van der Waals surface area contributed by atoms with Gasteiger partial charge >= 0.3 is 0 Å². The Morgan fingerprint density at radius 3 is 2.20 bits per heavy atom. The number of aromatic nitrogens is 1. The van der Waals surface area contributed by atoms with Crippen molar-refractivity contribution in [2.45, 2.75) is 13.8 Å². The summed E-state index contributed by atoms with van der Waals surface area (Å²) >= 11 is 0. The Morgan fingerprint density at radius 1 is 0.900 bits per heavy atom. The number of nitrogens with zero attached hydrogens (tertiary/aromatic N) is 1. The van der Waals surface area contributed by atoms with Crippen molar-refractivity contribution in [2.24, 2.45) is 0 Å². The van der Waals surface area contributed by atoms with Crippen LogP contribution in [-0.2, 0) is 0 Å². The molecule has 20 heavy (non-hydrogen) atoms. The zero-order valence-corrected chi connectivity index (χ0v) is 11.3. The molecule has 102 valence electrons. The van der Waals surface area contributed by atoms with E-state index in [4.69, 9.17) is 0 Å². The molecule has 0 atom stereocenters. The van der Waals surface area contributed by atoms with Crippen molar-refractivity contribution >= 4 is 11.8 Å². The molecule has 1 aromatic heterocycles. The fourth-order valence-electron chi connectivity index (χ4n) is 1.77. The van der Waals surface area contributed by atoms with Crippen LogP contribution in [0.5, 0.6) is 0 Å². The van der Waals surface area contributed by atoms with Crippen molar-refractivity contribution in [3.8, 4) is 0 Å². The molecule has 2 amide bonds. The summed E-state index contributed by atoms with van der Waals surface area (Å²) in [6.45, 7) is 3.60. The normalized spacial score (nSPS) is 9.90. The third-order valence-corrected chi connectivity index (χ3v) is 2.80. The topological polar surface area (TPSA) is 71.1 Å². The number of pyridine rings is 1. The summed E-state index contributed by atoms with van der Waals surface area (Å²) in [6, 6.07) is 12.1. The standard InChI is InChI=1S/C15H15N3O2/c1-10-8-9-13(11(2)16-10)15(20)18-17-14(19)12-6-4-3-5-7-12/h3-9H,1-2H3,(H,17,19)(H,18,20). The lowest BCUT2D eigenvalue weighted by molar-refractivity contribution is 0.0846. The van der Waals surface area contributed by atoms with Gasteiger partial charge in [-0.3, -0.25) is 25.4 Å². The number of benzene rings is 1. The number of carbonyl (C=O) groups is 2. The first-order valence-electron chi connectivity index (χ1n) is 6.18. The van der Waals surface area contributed by atoms with Gasteiger partial charge in [0.05, 0.1) is 11.3 Å². The molecule has 2 rings (SSSR count). The lowest BCUT2D eigenvalue weighted by Crippen LogP contribution is -2.41. The molecular weight excluding hydrogens is 254 g/mol. The molecule has 0 aliphatic rings. The minimum Gasteiger partial charge on any atom is -0.267 e. The third kappa shape index (κ3) is 3.20. The van der Waals surface area contributed by atoms with E-state index in [9.17, 15) is 9.59 Å². The minimum absolute atomic E-state index is 0.364. The van der Waals surface area contributed by atoms with Gasteiger partial charge in [-0.25, -0.2) is 0 Å². The second-order valence-electron chi connectivity index (χ2n) is 4.36. The summed E-state index contributed by atoms with van der Waals surface area (Å²) in [5.41, 5.74) is 7.13. The average Bonchev–Trinajstić information content (AvgIpc) is 2.45. The Balaban J connectivity index is 2.00. The van der Waals surface area contributed by atoms with Crippen LogP contribution < -0.4 is 10.9 Å². The average molecular weight is 269 g/mol. The molecule has 0 fully saturated rings. The molecule has 2 N–H and O–H groups in total. The second kappa shape index (κ2) is 5.97. The van der Waals surface area contributed by atoms with Crippen LogP contribution in [0, 0.1) is 13.8 Å². The number of rotatable bonds is 2. The highest BCUT2D eigenvalue weighted by Gasteiger charge is 2.11. The number of carbonyl (C=O) groups excluding carboxylic acids is 2. The number of amides is 2. The zero-order chi connectivity index (χ0) is 14.5. The van der Waals surface area contributed by atoms with E-state index in [2.05, 4.69) is 15.8 Å². The summed E-state index contributed by atoms with van der Waals surface area (Å²) in [4.78, 5) is 27.9. The Labute approximate surface area is 117 Å². The number of nitrogens with one attached hydrogen (secondary N) is 2. The predicted octanol–water partition coefficient (Wildman–Crippen LogP) is 1.77. The quantitative estimate of drug-likeness (QED) is 0.816. The van der Waals surface area contributed by atoms with Crippen LogP contribution in [0.15, 0.2) is 42.5 Å². The van der Waals surface area contributed by atoms with Gasteiger partial charge in [0.15, 0.2) is 0 Å². The third-order valence-electron chi connectivity index (χ3n) is 2.80. The lowest BCUT2D eigenvalue weighted by atomic mass is 10.2. The highest BCUT2D eigenvalue weighted by molar-refractivity contribution is 5.99. The second-order valence-corrected chi connectivity index (χ2v) is 4.36. The SMILES string of the molecule is Cc1ccc(C(=O)NNC(=O)c2ccccc2)c(C)n1. The Bertz CT molecular complexity index is 639. The molecule has 0 spiro atoms. The van der Waals surface area contributed by atoms with E-state index in [-0.39, 0.29) is 11.8 Å². The highest BCUT2D eigenvalue weighted by Crippen LogP contribution is 2.05. The van der Waals surface area contributed by atoms with Crippen LogP contribution in [0.3, 0.4) is 0 Å². The maximum Gasteiger partial charge on any atom is 0.271 e. The summed E-state index contributed by atoms with van der Waals surface area (Å²) in [7, 11) is 0. The monoisotopic (exact) mass is 269 g/mol. The van der Waals surface area contributed by atoms with Crippen LogP contribution in [0.25, 0.3) is 0 Å². The first-order valence-corrected chi connectivity index (χ1v) is 6.18. The maximum atomic E-state index is 11.9. The molecule has 1 aromatic carbocycles. The Kier molecular flexibility index (Phi) is 4.10. The summed E-state index contributed by atoms with van der Waals surface area (Å²) in [6.07, 6.45) is 0. The van der Waals surface area contributed by atoms with E-state index in [1.165, 1.54) is 0 Å². The molecule has 0 unspecified atom stereocenters. The van der Waals surface area contributed by atoms with Gasteiger partial charge < -0.3 is 0 Å². The maximum absolute atomic E-state index is 11.9. The molecule has 0 aliphatic carbocycles. The molecule has 0 saturated carbocycles. The number of hydrogen-bond donors (Lipinski definition) is 2. The number of hydrogen-bond acceptors (Lipinski definition) is 3. The number of hydrazine groups is 1. The summed E-state index contributed by atoms with van der Waals surface area (Å²) in [5.74, 6) is -0.754. The van der Waals surface area contributed by atoms with E-state index < -0.39 is 0 Å². The van der Waals surface area contributed by atoms with Crippen molar-refractivity contribution in [3.63, 3.8) is 0 Å². The van der Waals surface area contributed by atoms with Crippen LogP contribution >= 0.6 is 0 Å². The van der Waals surface area contributed by atoms with Gasteiger partial charge in [0, 0.05) is 11.3 Å². The van der Waals surface area contributed by atoms with Crippen LogP contribution in [-0.4, -0.2) is 16.8 Å². The van der Waals surface area contributed by atoms with E-state index in [1.54, 1.807) is 43.3 Å². The fourth-order valence-corrected chi connectivity index (χ4v) is 1.77. The first-order chi connectivity index (χ1) is 9.58. The van der Waals surface area contributed by atoms with Crippen LogP contribution in [0.2, 0.25) is 0 Å². The van der Waals surface area contributed by atoms with Crippen molar-refractivity contribution in [2.75, 3.05) is 0 Å². The van der Waals surface area contributed by atoms with Gasteiger partial charge in [0.25, 0.3) is 11.8 Å². The Morgan fingerprint density at radius 2 is 1.55 bits per heavy atom. The van der Waals surface area contributed by atoms with E-state index >= 15 is 0 Å². The molecular formula is C15H15N3O2. The van der Waals surface area contributed by atoms with E-state index in [0.717, 1.165) is 5.69 Å². The summed E-state index contributed by atoms with van der Waals surface area (Å²) in [5, 5.41) is 0. The van der Waals surface area contributed by atoms with Crippen molar-refractivity contribution in [1.82, 2.24) is 15.8 Å². The molecule has 0 radical (unpaired) electrons. The molecule has 5 nitrogen and oxygen atoms in total. The smallest absolute Gasteiger partial charge is 0.267 e. The zero-order valence-electron chi connectivity index (χ0n) is 11.3. The van der Waals surface area contributed by atoms with E-state index in [0.29, 0.717) is 16.8 Å². The fraction of sp³-hybridized carbons (Fsp3) is 0.133. The van der Waals surface area contributed by atoms with Crippen molar-refractivity contribution in [1.29, 1.82) is 0 Å². The molecule has 0 saturated heterocycles. The minimum atomic E-state index is -0.390. The van der Waals surface area contributed by atoms with Gasteiger partial charge in [-0.1, -0.05) is 18.2 Å². The molecule has 0 aliphatic heterocycles. The molecule has 2 aromatic rings. The van der Waals surface area contributed by atoms with Crippen molar-refractivity contribution < 1.29 is 9.59 Å². The lowest BCUT2D eigenvalue weighted by Gasteiger charge is -2.09. The van der Waals surface area contributed by atoms with Crippen LogP contribution in [0.1, 0.15) is 32.1 Å². The molecule has 1 heterocycles. The van der Waals surface area contributed by atoms with E-state index in [1.807, 2.05) is 13.0 Å². The van der Waals surface area contributed by atoms with Gasteiger partial charge in [0.2, 0.25) is 0 Å². The number of aryl methyl sites for hydroxylation is 2. The first kappa shape index (κ1) is 13.7. The predicted molar refractivity (Wildman–Crippen MR) is 75.1 cm³/mol. The van der Waals surface area contributed by atoms with Gasteiger partial charge in [0.1, 0.15) is 0 Å². The van der Waals surface area contributed by atoms with Crippen LogP contribution in [0.4, 0.5) is 0 Å². The van der Waals surface area contributed by atoms with Gasteiger partial charge in [-0.15, -0.1) is 0 Å². The molecule has 5 heteroatoms.